The molecule has 0 aliphatic carbocycles. The molecule has 2 unspecified atom stereocenters. The Kier molecular flexibility index (Phi) is 3.53. The van der Waals surface area contributed by atoms with Crippen LogP contribution in [0.25, 0.3) is 0 Å². The minimum atomic E-state index is -0.360. The summed E-state index contributed by atoms with van der Waals surface area (Å²) in [6, 6.07) is 0. The molecule has 1 fully saturated rings. The van der Waals surface area contributed by atoms with Gasteiger partial charge in [-0.15, -0.1) is 0 Å². The molecule has 3 heteroatoms. The molecule has 0 amide bonds. The predicted octanol–water partition coefficient (Wildman–Crippen LogP) is 2.54. The fourth-order valence-corrected chi connectivity index (χ4v) is 1.86. The Morgan fingerprint density at radius 3 is 2.20 bits per heavy atom. The lowest BCUT2D eigenvalue weighted by Crippen LogP contribution is -2.15. The molecule has 86 valence electrons. The second-order valence-electron chi connectivity index (χ2n) is 5.59. The SMILES string of the molecule is CC1C(=O)OC(=O)C1CCCC(C)(C)C. The summed E-state index contributed by atoms with van der Waals surface area (Å²) in [5.74, 6) is -1.15. The van der Waals surface area contributed by atoms with E-state index in [-0.39, 0.29) is 29.2 Å². The van der Waals surface area contributed by atoms with Gasteiger partial charge in [-0.3, -0.25) is 9.59 Å². The summed E-state index contributed by atoms with van der Waals surface area (Å²) in [6.45, 7) is 8.30. The highest BCUT2D eigenvalue weighted by Crippen LogP contribution is 2.30. The van der Waals surface area contributed by atoms with Crippen LogP contribution in [0.1, 0.15) is 47.0 Å². The van der Waals surface area contributed by atoms with E-state index in [4.69, 9.17) is 0 Å². The van der Waals surface area contributed by atoms with E-state index in [1.165, 1.54) is 0 Å². The van der Waals surface area contributed by atoms with Crippen molar-refractivity contribution in [3.8, 4) is 0 Å². The first-order valence-corrected chi connectivity index (χ1v) is 5.57. The van der Waals surface area contributed by atoms with E-state index in [0.29, 0.717) is 0 Å². The molecule has 3 nitrogen and oxygen atoms in total. The number of hydrogen-bond donors (Lipinski definition) is 0. The van der Waals surface area contributed by atoms with Gasteiger partial charge in [-0.2, -0.15) is 0 Å². The molecule has 1 aliphatic rings. The number of esters is 2. The van der Waals surface area contributed by atoms with E-state index < -0.39 is 0 Å². The Morgan fingerprint density at radius 1 is 1.20 bits per heavy atom. The first-order chi connectivity index (χ1) is 6.81. The Hall–Kier alpha value is -0.860. The third-order valence-corrected chi connectivity index (χ3v) is 2.92. The van der Waals surface area contributed by atoms with Crippen LogP contribution in [0, 0.1) is 17.3 Å². The number of carbonyl (C=O) groups is 2. The molecule has 2 atom stereocenters. The Bertz CT molecular complexity index is 263. The van der Waals surface area contributed by atoms with Crippen molar-refractivity contribution in [2.45, 2.75) is 47.0 Å². The van der Waals surface area contributed by atoms with Crippen molar-refractivity contribution in [3.05, 3.63) is 0 Å². The molecule has 0 bridgehead atoms. The summed E-state index contributed by atoms with van der Waals surface area (Å²) in [5, 5.41) is 0. The maximum atomic E-state index is 11.3. The third kappa shape index (κ3) is 3.33. The summed E-state index contributed by atoms with van der Waals surface area (Å²) < 4.78 is 4.59. The van der Waals surface area contributed by atoms with Crippen LogP contribution in [0.4, 0.5) is 0 Å². The van der Waals surface area contributed by atoms with Gasteiger partial charge in [0.25, 0.3) is 0 Å². The minimum absolute atomic E-state index is 0.208. The van der Waals surface area contributed by atoms with E-state index in [1.807, 2.05) is 0 Å². The van der Waals surface area contributed by atoms with Gasteiger partial charge in [0.15, 0.2) is 0 Å². The maximum Gasteiger partial charge on any atom is 0.317 e. The zero-order valence-electron chi connectivity index (χ0n) is 10.0. The zero-order chi connectivity index (χ0) is 11.6. The molecular weight excluding hydrogens is 192 g/mol. The van der Waals surface area contributed by atoms with Gasteiger partial charge in [0.2, 0.25) is 0 Å². The van der Waals surface area contributed by atoms with Crippen LogP contribution in [0.3, 0.4) is 0 Å². The maximum absolute atomic E-state index is 11.3. The fraction of sp³-hybridized carbons (Fsp3) is 0.833. The monoisotopic (exact) mass is 212 g/mol. The summed E-state index contributed by atoms with van der Waals surface area (Å²) in [5.41, 5.74) is 0.287. The van der Waals surface area contributed by atoms with E-state index in [1.54, 1.807) is 6.92 Å². The lowest BCUT2D eigenvalue weighted by Gasteiger charge is -2.18. The quantitative estimate of drug-likeness (QED) is 0.533. The second-order valence-corrected chi connectivity index (χ2v) is 5.59. The molecule has 0 aromatic carbocycles. The summed E-state index contributed by atoms with van der Waals surface area (Å²) in [4.78, 5) is 22.4. The number of carbonyl (C=O) groups excluding carboxylic acids is 2. The van der Waals surface area contributed by atoms with Crippen molar-refractivity contribution in [3.63, 3.8) is 0 Å². The third-order valence-electron chi connectivity index (χ3n) is 2.92. The van der Waals surface area contributed by atoms with Gasteiger partial charge in [0.05, 0.1) is 11.8 Å². The summed E-state index contributed by atoms with van der Waals surface area (Å²) in [7, 11) is 0. The van der Waals surface area contributed by atoms with Crippen LogP contribution in [0.15, 0.2) is 0 Å². The van der Waals surface area contributed by atoms with Crippen molar-refractivity contribution in [1.29, 1.82) is 0 Å². The molecule has 0 spiro atoms. The Labute approximate surface area is 91.2 Å². The first-order valence-electron chi connectivity index (χ1n) is 5.57. The Morgan fingerprint density at radius 2 is 1.80 bits per heavy atom. The number of hydrogen-bond acceptors (Lipinski definition) is 3. The zero-order valence-corrected chi connectivity index (χ0v) is 10.0. The lowest BCUT2D eigenvalue weighted by molar-refractivity contribution is -0.153. The summed E-state index contributed by atoms with van der Waals surface area (Å²) >= 11 is 0. The molecule has 0 radical (unpaired) electrons. The molecule has 1 rings (SSSR count). The molecule has 0 aromatic heterocycles. The molecule has 1 aliphatic heterocycles. The van der Waals surface area contributed by atoms with Gasteiger partial charge in [-0.1, -0.05) is 34.1 Å². The molecular formula is C12H20O3. The highest BCUT2D eigenvalue weighted by Gasteiger charge is 2.40. The highest BCUT2D eigenvalue weighted by molar-refractivity contribution is 5.96. The standard InChI is InChI=1S/C12H20O3/c1-8-9(11(14)15-10(8)13)6-5-7-12(2,3)4/h8-9H,5-7H2,1-4H3. The number of cyclic esters (lactones) is 2. The molecule has 0 N–H and O–H groups in total. The van der Waals surface area contributed by atoms with E-state index in [9.17, 15) is 9.59 Å². The normalized spacial score (nSPS) is 26.9. The van der Waals surface area contributed by atoms with Gasteiger partial charge in [0, 0.05) is 0 Å². The largest absolute Gasteiger partial charge is 0.393 e. The molecule has 1 heterocycles. The smallest absolute Gasteiger partial charge is 0.317 e. The van der Waals surface area contributed by atoms with Crippen molar-refractivity contribution >= 4 is 11.9 Å². The van der Waals surface area contributed by atoms with Gasteiger partial charge in [-0.25, -0.2) is 0 Å². The molecule has 15 heavy (non-hydrogen) atoms. The van der Waals surface area contributed by atoms with E-state index in [0.717, 1.165) is 19.3 Å². The van der Waals surface area contributed by atoms with Crippen LogP contribution < -0.4 is 0 Å². The molecule has 1 saturated heterocycles. The number of rotatable bonds is 3. The predicted molar refractivity (Wildman–Crippen MR) is 57.1 cm³/mol. The number of ether oxygens (including phenoxy) is 1. The van der Waals surface area contributed by atoms with Crippen LogP contribution in [0.5, 0.6) is 0 Å². The first kappa shape index (κ1) is 12.2. The minimum Gasteiger partial charge on any atom is -0.393 e. The highest BCUT2D eigenvalue weighted by atomic mass is 16.6. The fourth-order valence-electron chi connectivity index (χ4n) is 1.86. The average molecular weight is 212 g/mol. The van der Waals surface area contributed by atoms with Gasteiger partial charge >= 0.3 is 11.9 Å². The van der Waals surface area contributed by atoms with Crippen LogP contribution >= 0.6 is 0 Å². The van der Waals surface area contributed by atoms with Crippen LogP contribution in [-0.2, 0) is 14.3 Å². The lowest BCUT2D eigenvalue weighted by atomic mass is 9.85. The van der Waals surface area contributed by atoms with Gasteiger partial charge in [0.1, 0.15) is 0 Å². The van der Waals surface area contributed by atoms with Crippen molar-refractivity contribution in [2.24, 2.45) is 17.3 Å². The van der Waals surface area contributed by atoms with Crippen molar-refractivity contribution in [1.82, 2.24) is 0 Å². The van der Waals surface area contributed by atoms with Crippen molar-refractivity contribution < 1.29 is 14.3 Å². The summed E-state index contributed by atoms with van der Waals surface area (Å²) in [6.07, 6.45) is 2.81. The van der Waals surface area contributed by atoms with Gasteiger partial charge in [-0.05, 0) is 18.3 Å². The van der Waals surface area contributed by atoms with Crippen LogP contribution in [0.2, 0.25) is 0 Å². The van der Waals surface area contributed by atoms with Crippen LogP contribution in [-0.4, -0.2) is 11.9 Å². The Balaban J connectivity index is 2.39. The molecule has 0 aromatic rings. The van der Waals surface area contributed by atoms with E-state index in [2.05, 4.69) is 25.5 Å². The average Bonchev–Trinajstić information content (AvgIpc) is 2.29. The molecule has 0 saturated carbocycles. The van der Waals surface area contributed by atoms with Crippen molar-refractivity contribution in [2.75, 3.05) is 0 Å². The van der Waals surface area contributed by atoms with Gasteiger partial charge < -0.3 is 4.74 Å². The topological polar surface area (TPSA) is 43.4 Å². The second kappa shape index (κ2) is 4.33. The van der Waals surface area contributed by atoms with E-state index >= 15 is 0 Å².